The minimum Gasteiger partial charge on any atom is -0.438 e. The molecule has 1 N–H and O–H groups in total. The van der Waals surface area contributed by atoms with Crippen LogP contribution in [0.4, 0.5) is 0 Å². The van der Waals surface area contributed by atoms with Crippen molar-refractivity contribution in [2.45, 2.75) is 33.1 Å². The maximum atomic E-state index is 9.12. The van der Waals surface area contributed by atoms with Gasteiger partial charge in [-0.05, 0) is 25.0 Å². The lowest BCUT2D eigenvalue weighted by Gasteiger charge is -2.14. The van der Waals surface area contributed by atoms with Crippen LogP contribution < -0.4 is 4.74 Å². The van der Waals surface area contributed by atoms with Crippen LogP contribution in [0.3, 0.4) is 0 Å². The van der Waals surface area contributed by atoms with E-state index in [-0.39, 0.29) is 12.5 Å². The average molecular weight is 307 g/mol. The molecule has 112 valence electrons. The first-order chi connectivity index (χ1) is 10.0. The highest BCUT2D eigenvalue weighted by Crippen LogP contribution is 2.30. The number of benzene rings is 1. The molecule has 0 aliphatic heterocycles. The summed E-state index contributed by atoms with van der Waals surface area (Å²) in [5.41, 5.74) is 1.64. The standard InChI is InChI=1S/C16H19ClN2O2/c1-10(2)15-18-14(17)11(3)16(19-15)21-13-7-5-4-6-12(13)8-9-20/h4-7,10,20H,8-9H2,1-3H3. The number of rotatable bonds is 5. The highest BCUT2D eigenvalue weighted by atomic mass is 35.5. The number of hydrogen-bond acceptors (Lipinski definition) is 4. The summed E-state index contributed by atoms with van der Waals surface area (Å²) in [6.45, 7) is 5.91. The minimum absolute atomic E-state index is 0.0706. The van der Waals surface area contributed by atoms with Crippen molar-refractivity contribution in [2.75, 3.05) is 6.61 Å². The van der Waals surface area contributed by atoms with Crippen LogP contribution >= 0.6 is 11.6 Å². The molecule has 0 spiro atoms. The van der Waals surface area contributed by atoms with Crippen molar-refractivity contribution in [2.24, 2.45) is 0 Å². The first kappa shape index (κ1) is 15.7. The average Bonchev–Trinajstić information content (AvgIpc) is 2.45. The van der Waals surface area contributed by atoms with Gasteiger partial charge in [0.2, 0.25) is 5.88 Å². The van der Waals surface area contributed by atoms with E-state index in [1.165, 1.54) is 0 Å². The summed E-state index contributed by atoms with van der Waals surface area (Å²) in [6, 6.07) is 7.58. The third-order valence-electron chi connectivity index (χ3n) is 3.14. The topological polar surface area (TPSA) is 55.2 Å². The van der Waals surface area contributed by atoms with Crippen molar-refractivity contribution >= 4 is 11.6 Å². The fourth-order valence-corrected chi connectivity index (χ4v) is 2.05. The molecule has 1 aromatic carbocycles. The third-order valence-corrected chi connectivity index (χ3v) is 3.50. The van der Waals surface area contributed by atoms with E-state index in [2.05, 4.69) is 9.97 Å². The molecule has 1 aromatic heterocycles. The van der Waals surface area contributed by atoms with Crippen LogP contribution in [0.5, 0.6) is 11.6 Å². The number of nitrogens with zero attached hydrogens (tertiary/aromatic N) is 2. The first-order valence-corrected chi connectivity index (χ1v) is 7.31. The molecule has 4 nitrogen and oxygen atoms in total. The van der Waals surface area contributed by atoms with Crippen molar-refractivity contribution < 1.29 is 9.84 Å². The largest absolute Gasteiger partial charge is 0.438 e. The van der Waals surface area contributed by atoms with E-state index in [0.717, 1.165) is 5.56 Å². The molecule has 1 heterocycles. The molecule has 0 saturated heterocycles. The molecule has 0 saturated carbocycles. The first-order valence-electron chi connectivity index (χ1n) is 6.93. The van der Waals surface area contributed by atoms with E-state index < -0.39 is 0 Å². The maximum Gasteiger partial charge on any atom is 0.227 e. The number of aromatic nitrogens is 2. The number of halogens is 1. The zero-order chi connectivity index (χ0) is 15.4. The highest BCUT2D eigenvalue weighted by molar-refractivity contribution is 6.30. The van der Waals surface area contributed by atoms with E-state index in [9.17, 15) is 0 Å². The third kappa shape index (κ3) is 3.71. The van der Waals surface area contributed by atoms with Gasteiger partial charge in [-0.3, -0.25) is 0 Å². The van der Waals surface area contributed by atoms with Crippen LogP contribution in [-0.4, -0.2) is 21.7 Å². The number of ether oxygens (including phenoxy) is 1. The summed E-state index contributed by atoms with van der Waals surface area (Å²) in [7, 11) is 0. The van der Waals surface area contributed by atoms with Gasteiger partial charge in [0.05, 0.1) is 0 Å². The molecule has 0 aliphatic rings. The van der Waals surface area contributed by atoms with Crippen molar-refractivity contribution in [3.8, 4) is 11.6 Å². The Labute approximate surface area is 129 Å². The summed E-state index contributed by atoms with van der Waals surface area (Å²) >= 11 is 6.16. The van der Waals surface area contributed by atoms with E-state index in [1.807, 2.05) is 45.0 Å². The molecule has 0 atom stereocenters. The van der Waals surface area contributed by atoms with Gasteiger partial charge >= 0.3 is 0 Å². The lowest BCUT2D eigenvalue weighted by Crippen LogP contribution is -2.04. The fraction of sp³-hybridized carbons (Fsp3) is 0.375. The van der Waals surface area contributed by atoms with Gasteiger partial charge in [0.25, 0.3) is 0 Å². The molecular weight excluding hydrogens is 288 g/mol. The second kappa shape index (κ2) is 6.87. The van der Waals surface area contributed by atoms with Gasteiger partial charge in [-0.15, -0.1) is 0 Å². The van der Waals surface area contributed by atoms with Crippen molar-refractivity contribution in [3.63, 3.8) is 0 Å². The van der Waals surface area contributed by atoms with Gasteiger partial charge in [0.1, 0.15) is 16.7 Å². The number of para-hydroxylation sites is 1. The monoisotopic (exact) mass is 306 g/mol. The number of hydrogen-bond donors (Lipinski definition) is 1. The van der Waals surface area contributed by atoms with E-state index in [0.29, 0.717) is 34.6 Å². The summed E-state index contributed by atoms with van der Waals surface area (Å²) < 4.78 is 5.92. The normalized spacial score (nSPS) is 11.0. The van der Waals surface area contributed by atoms with Crippen LogP contribution in [-0.2, 0) is 6.42 Å². The molecule has 2 rings (SSSR count). The predicted octanol–water partition coefficient (Wildman–Crippen LogP) is 3.89. The van der Waals surface area contributed by atoms with Crippen LogP contribution in [0.2, 0.25) is 5.15 Å². The Morgan fingerprint density at radius 1 is 1.24 bits per heavy atom. The summed E-state index contributed by atoms with van der Waals surface area (Å²) in [4.78, 5) is 8.72. The predicted molar refractivity (Wildman–Crippen MR) is 83.2 cm³/mol. The molecule has 0 radical (unpaired) electrons. The summed E-state index contributed by atoms with van der Waals surface area (Å²) in [5.74, 6) is 1.96. The van der Waals surface area contributed by atoms with Gasteiger partial charge < -0.3 is 9.84 Å². The van der Waals surface area contributed by atoms with Gasteiger partial charge in [-0.25, -0.2) is 4.98 Å². The van der Waals surface area contributed by atoms with Crippen LogP contribution in [0.15, 0.2) is 24.3 Å². The number of aliphatic hydroxyl groups excluding tert-OH is 1. The highest BCUT2D eigenvalue weighted by Gasteiger charge is 2.14. The van der Waals surface area contributed by atoms with Crippen LogP contribution in [0.25, 0.3) is 0 Å². The minimum atomic E-state index is 0.0706. The zero-order valence-electron chi connectivity index (χ0n) is 12.4. The second-order valence-electron chi connectivity index (χ2n) is 5.14. The van der Waals surface area contributed by atoms with E-state index in [1.54, 1.807) is 0 Å². The van der Waals surface area contributed by atoms with Gasteiger partial charge in [0.15, 0.2) is 0 Å². The fourth-order valence-electron chi connectivity index (χ4n) is 1.88. The Bertz CT molecular complexity index is 630. The zero-order valence-corrected chi connectivity index (χ0v) is 13.2. The molecule has 0 bridgehead atoms. The second-order valence-corrected chi connectivity index (χ2v) is 5.50. The van der Waals surface area contributed by atoms with E-state index in [4.69, 9.17) is 21.4 Å². The van der Waals surface area contributed by atoms with Crippen LogP contribution in [0.1, 0.15) is 36.7 Å². The summed E-state index contributed by atoms with van der Waals surface area (Å²) in [5, 5.41) is 9.53. The molecule has 0 unspecified atom stereocenters. The lowest BCUT2D eigenvalue weighted by molar-refractivity contribution is 0.297. The molecular formula is C16H19ClN2O2. The SMILES string of the molecule is Cc1c(Cl)nc(C(C)C)nc1Oc1ccccc1CCO. The lowest BCUT2D eigenvalue weighted by atomic mass is 10.1. The molecule has 5 heteroatoms. The van der Waals surface area contributed by atoms with Crippen molar-refractivity contribution in [1.29, 1.82) is 0 Å². The summed E-state index contributed by atoms with van der Waals surface area (Å²) in [6.07, 6.45) is 0.533. The van der Waals surface area contributed by atoms with Gasteiger partial charge in [-0.2, -0.15) is 4.98 Å². The molecule has 0 aliphatic carbocycles. The van der Waals surface area contributed by atoms with Crippen molar-refractivity contribution in [1.82, 2.24) is 9.97 Å². The molecule has 21 heavy (non-hydrogen) atoms. The van der Waals surface area contributed by atoms with Gasteiger partial charge in [0, 0.05) is 18.1 Å². The molecule has 2 aromatic rings. The maximum absolute atomic E-state index is 9.12. The van der Waals surface area contributed by atoms with E-state index >= 15 is 0 Å². The molecule has 0 fully saturated rings. The van der Waals surface area contributed by atoms with Crippen molar-refractivity contribution in [3.05, 3.63) is 46.4 Å². The smallest absolute Gasteiger partial charge is 0.227 e. The Morgan fingerprint density at radius 2 is 1.95 bits per heavy atom. The quantitative estimate of drug-likeness (QED) is 0.851. The Hall–Kier alpha value is -1.65. The van der Waals surface area contributed by atoms with Crippen LogP contribution in [0, 0.1) is 6.92 Å². The Kier molecular flexibility index (Phi) is 5.15. The Morgan fingerprint density at radius 3 is 2.62 bits per heavy atom. The Balaban J connectivity index is 2.39. The molecule has 0 amide bonds. The number of aliphatic hydroxyl groups is 1. The van der Waals surface area contributed by atoms with Gasteiger partial charge in [-0.1, -0.05) is 43.6 Å².